The van der Waals surface area contributed by atoms with E-state index in [4.69, 9.17) is 9.15 Å². The molecule has 0 aliphatic carbocycles. The number of rotatable bonds is 4. The van der Waals surface area contributed by atoms with Crippen LogP contribution < -0.4 is 9.64 Å². The Hall–Kier alpha value is -1.98. The maximum absolute atomic E-state index is 10.8. The van der Waals surface area contributed by atoms with Crippen LogP contribution in [-0.2, 0) is 19.4 Å². The van der Waals surface area contributed by atoms with Crippen LogP contribution in [0.4, 0.5) is 5.69 Å². The number of furan rings is 1. The number of hydrogen-bond donors (Lipinski definition) is 2. The van der Waals surface area contributed by atoms with Crippen molar-refractivity contribution >= 4 is 5.69 Å². The lowest BCUT2D eigenvalue weighted by molar-refractivity contribution is 0.173. The van der Waals surface area contributed by atoms with Crippen LogP contribution in [0.15, 0.2) is 22.6 Å². The number of anilines is 1. The van der Waals surface area contributed by atoms with Crippen molar-refractivity contribution in [1.82, 2.24) is 0 Å². The van der Waals surface area contributed by atoms with Crippen LogP contribution in [-0.4, -0.2) is 30.4 Å². The minimum atomic E-state index is -0.890. The second kappa shape index (κ2) is 6.15. The number of aliphatic hydroxyl groups is 2. The minimum absolute atomic E-state index is 0.172. The average molecular weight is 329 g/mol. The molecule has 4 rings (SSSR count). The molecular formula is C19H23NO4. The van der Waals surface area contributed by atoms with Crippen LogP contribution in [0.5, 0.6) is 5.75 Å². The highest BCUT2D eigenvalue weighted by molar-refractivity contribution is 5.70. The topological polar surface area (TPSA) is 66.1 Å². The predicted octanol–water partition coefficient (Wildman–Crippen LogP) is 2.56. The summed E-state index contributed by atoms with van der Waals surface area (Å²) in [4.78, 5) is 2.45. The molecule has 24 heavy (non-hydrogen) atoms. The van der Waals surface area contributed by atoms with Crippen molar-refractivity contribution in [2.75, 3.05) is 25.1 Å². The summed E-state index contributed by atoms with van der Waals surface area (Å²) in [5.74, 6) is 1.66. The van der Waals surface area contributed by atoms with E-state index in [1.165, 1.54) is 16.8 Å². The number of methoxy groups -OCH3 is 1. The van der Waals surface area contributed by atoms with Gasteiger partial charge in [-0.3, -0.25) is 0 Å². The van der Waals surface area contributed by atoms with Gasteiger partial charge in [-0.2, -0.15) is 0 Å². The highest BCUT2D eigenvalue weighted by Gasteiger charge is 2.31. The lowest BCUT2D eigenvalue weighted by Crippen LogP contribution is -2.35. The van der Waals surface area contributed by atoms with E-state index in [1.54, 1.807) is 19.2 Å². The summed E-state index contributed by atoms with van der Waals surface area (Å²) in [5.41, 5.74) is 4.58. The molecule has 0 bridgehead atoms. The Morgan fingerprint density at radius 3 is 2.75 bits per heavy atom. The van der Waals surface area contributed by atoms with Gasteiger partial charge in [-0.05, 0) is 49.4 Å². The zero-order valence-corrected chi connectivity index (χ0v) is 13.9. The number of aryl methyl sites for hydroxylation is 1. The normalized spacial score (nSPS) is 17.5. The van der Waals surface area contributed by atoms with Crippen molar-refractivity contribution in [3.05, 3.63) is 46.4 Å². The molecule has 0 amide bonds. The fourth-order valence-electron chi connectivity index (χ4n) is 4.08. The summed E-state index contributed by atoms with van der Waals surface area (Å²) in [6, 6.07) is 5.48. The molecular weight excluding hydrogens is 306 g/mol. The lowest BCUT2D eigenvalue weighted by Gasteiger charge is -2.38. The number of hydrogen-bond acceptors (Lipinski definition) is 5. The van der Waals surface area contributed by atoms with Crippen LogP contribution in [0.25, 0.3) is 0 Å². The number of ether oxygens (including phenoxy) is 1. The van der Waals surface area contributed by atoms with Crippen molar-refractivity contribution in [3.8, 4) is 5.75 Å². The Morgan fingerprint density at radius 2 is 2.04 bits per heavy atom. The average Bonchev–Trinajstić information content (AvgIpc) is 3.10. The largest absolute Gasteiger partial charge is 0.496 e. The van der Waals surface area contributed by atoms with Crippen LogP contribution in [0.3, 0.4) is 0 Å². The molecule has 0 fully saturated rings. The Labute approximate surface area is 141 Å². The zero-order valence-electron chi connectivity index (χ0n) is 13.9. The van der Waals surface area contributed by atoms with Crippen molar-refractivity contribution in [1.29, 1.82) is 0 Å². The molecule has 128 valence electrons. The second-order valence-electron chi connectivity index (χ2n) is 6.54. The van der Waals surface area contributed by atoms with Gasteiger partial charge in [0.05, 0.1) is 7.11 Å². The first-order valence-electron chi connectivity index (χ1n) is 8.58. The molecule has 0 saturated carbocycles. The van der Waals surface area contributed by atoms with Crippen molar-refractivity contribution in [3.63, 3.8) is 0 Å². The summed E-state index contributed by atoms with van der Waals surface area (Å²) in [6.07, 6.45) is 3.37. The maximum Gasteiger partial charge on any atom is 0.140 e. The fraction of sp³-hybridized carbons (Fsp3) is 0.474. The second-order valence-corrected chi connectivity index (χ2v) is 6.54. The summed E-state index contributed by atoms with van der Waals surface area (Å²) in [5, 5.41) is 20.0. The predicted molar refractivity (Wildman–Crippen MR) is 90.5 cm³/mol. The van der Waals surface area contributed by atoms with Gasteiger partial charge in [0.15, 0.2) is 0 Å². The number of aliphatic hydroxyl groups excluding tert-OH is 2. The minimum Gasteiger partial charge on any atom is -0.496 e. The van der Waals surface area contributed by atoms with Gasteiger partial charge < -0.3 is 24.3 Å². The van der Waals surface area contributed by atoms with Crippen molar-refractivity contribution < 1.29 is 19.4 Å². The molecule has 2 aliphatic rings. The van der Waals surface area contributed by atoms with E-state index in [0.29, 0.717) is 11.5 Å². The third-order valence-electron chi connectivity index (χ3n) is 5.11. The van der Waals surface area contributed by atoms with E-state index in [1.807, 2.05) is 0 Å². The molecule has 5 nitrogen and oxygen atoms in total. The standard InChI is InChI=1S/C19H23NO4/c1-23-19-14-5-3-9-20-8-2-4-12(17(14)20)10-15(19)18(22)16-7-6-13(11-21)24-16/h6-7,10,18,21-22H,2-5,8-9,11H2,1H3. The van der Waals surface area contributed by atoms with Crippen molar-refractivity contribution in [2.24, 2.45) is 0 Å². The fourth-order valence-corrected chi connectivity index (χ4v) is 4.08. The van der Waals surface area contributed by atoms with Gasteiger partial charge in [-0.15, -0.1) is 0 Å². The van der Waals surface area contributed by atoms with Crippen LogP contribution in [0.2, 0.25) is 0 Å². The van der Waals surface area contributed by atoms with Gasteiger partial charge in [-0.1, -0.05) is 0 Å². The molecule has 0 saturated heterocycles. The zero-order chi connectivity index (χ0) is 16.7. The van der Waals surface area contributed by atoms with Crippen molar-refractivity contribution in [2.45, 2.75) is 38.4 Å². The molecule has 3 heterocycles. The smallest absolute Gasteiger partial charge is 0.140 e. The number of benzene rings is 1. The molecule has 2 aliphatic heterocycles. The van der Waals surface area contributed by atoms with Gasteiger partial charge in [0.2, 0.25) is 0 Å². The first kappa shape index (κ1) is 15.5. The van der Waals surface area contributed by atoms with E-state index in [0.717, 1.165) is 50.1 Å². The van der Waals surface area contributed by atoms with Gasteiger partial charge >= 0.3 is 0 Å². The van der Waals surface area contributed by atoms with Crippen LogP contribution in [0, 0.1) is 0 Å². The Bertz CT molecular complexity index is 750. The molecule has 1 aromatic carbocycles. The Kier molecular flexibility index (Phi) is 3.98. The summed E-state index contributed by atoms with van der Waals surface area (Å²) in [7, 11) is 1.66. The van der Waals surface area contributed by atoms with Gasteiger partial charge in [-0.25, -0.2) is 0 Å². The third-order valence-corrected chi connectivity index (χ3v) is 5.11. The summed E-state index contributed by atoms with van der Waals surface area (Å²) >= 11 is 0. The van der Waals surface area contributed by atoms with E-state index in [9.17, 15) is 10.2 Å². The van der Waals surface area contributed by atoms with Gasteiger partial charge in [0, 0.05) is 29.9 Å². The number of nitrogens with zero attached hydrogens (tertiary/aromatic N) is 1. The monoisotopic (exact) mass is 329 g/mol. The van der Waals surface area contributed by atoms with E-state index in [2.05, 4.69) is 11.0 Å². The van der Waals surface area contributed by atoms with E-state index >= 15 is 0 Å². The van der Waals surface area contributed by atoms with E-state index in [-0.39, 0.29) is 6.61 Å². The molecule has 2 aromatic rings. The summed E-state index contributed by atoms with van der Waals surface area (Å²) in [6.45, 7) is 2.03. The first-order chi connectivity index (χ1) is 11.7. The highest BCUT2D eigenvalue weighted by atomic mass is 16.5. The molecule has 2 N–H and O–H groups in total. The third kappa shape index (κ3) is 2.39. The maximum atomic E-state index is 10.8. The first-order valence-corrected chi connectivity index (χ1v) is 8.58. The van der Waals surface area contributed by atoms with Gasteiger partial charge in [0.25, 0.3) is 0 Å². The quantitative estimate of drug-likeness (QED) is 0.902. The van der Waals surface area contributed by atoms with Gasteiger partial charge in [0.1, 0.15) is 30.0 Å². The molecule has 0 radical (unpaired) electrons. The van der Waals surface area contributed by atoms with Crippen LogP contribution in [0.1, 0.15) is 47.2 Å². The Morgan fingerprint density at radius 1 is 1.25 bits per heavy atom. The molecule has 0 spiro atoms. The molecule has 5 heteroatoms. The van der Waals surface area contributed by atoms with Crippen LogP contribution >= 0.6 is 0 Å². The Balaban J connectivity index is 1.83. The highest BCUT2D eigenvalue weighted by Crippen LogP contribution is 2.45. The van der Waals surface area contributed by atoms with E-state index < -0.39 is 6.10 Å². The lowest BCUT2D eigenvalue weighted by atomic mass is 9.87. The SMILES string of the molecule is COc1c(C(O)c2ccc(CO)o2)cc2c3c1CCCN3CCC2. The molecule has 1 unspecified atom stereocenters. The summed E-state index contributed by atoms with van der Waals surface area (Å²) < 4.78 is 11.2. The molecule has 1 aromatic heterocycles. The molecule has 1 atom stereocenters.